The fourth-order valence-electron chi connectivity index (χ4n) is 13.2. The molecule has 4 aromatic rings. The molecule has 4 aliphatic heterocycles. The molecule has 27 heteroatoms. The Labute approximate surface area is 681 Å². The number of nitrogens with zero attached hydrogens (tertiary/aromatic N) is 4. The van der Waals surface area contributed by atoms with Gasteiger partial charge in [-0.15, -0.1) is 26.3 Å². The number of halogens is 1. The van der Waals surface area contributed by atoms with E-state index in [0.29, 0.717) is 0 Å². The van der Waals surface area contributed by atoms with Crippen LogP contribution < -0.4 is 51.4 Å². The second kappa shape index (κ2) is 43.7. The van der Waals surface area contributed by atoms with Crippen molar-refractivity contribution in [2.45, 2.75) is 149 Å². The van der Waals surface area contributed by atoms with E-state index in [1.807, 2.05) is 126 Å². The monoisotopic (exact) mass is 1610 g/mol. The van der Waals surface area contributed by atoms with Gasteiger partial charge in [-0.2, -0.15) is 12.6 Å². The van der Waals surface area contributed by atoms with E-state index in [9.17, 15) is 57.5 Å². The zero-order chi connectivity index (χ0) is 79.2. The van der Waals surface area contributed by atoms with Gasteiger partial charge < -0.3 is 39.3 Å². The van der Waals surface area contributed by atoms with Crippen LogP contribution in [0.5, 0.6) is 0 Å². The third-order valence-corrected chi connectivity index (χ3v) is 18.5. The Balaban J connectivity index is 0.000000694. The Hall–Kier alpha value is -7.80. The molecule has 8 rings (SSSR count). The van der Waals surface area contributed by atoms with Gasteiger partial charge in [-0.25, -0.2) is 38.4 Å². The number of likely N-dealkylation sites (tertiary alicyclic amines) is 4. The van der Waals surface area contributed by atoms with Crippen LogP contribution in [0.25, 0.3) is 0 Å². The topological polar surface area (TPSA) is 292 Å². The number of hydrogen-bond donors (Lipinski definition) is 1. The number of alkyl halides is 1. The van der Waals surface area contributed by atoms with Gasteiger partial charge in [0.2, 0.25) is 0 Å². The SMILES string of the molecule is C=CC[C@]1(C)C(=O)C(C)(C)N(C(=O)OCc2ccccc2)[C@@H]1C(=O)OC.C=CC[C@]1(C)C(=O)CN(C(=O)OCc2ccccc2)[C@@H]1C(=O)OC.C=CC[C@]1(C)C(=O)[C@@H](C)N(C(=O)OCc2ccccc2)[C@@H]1C(=O)OC.C=CC[C@]1(C)C(=O)[C@H](C)N(C(=O)OCc2ccccc2)[C@@H]1C(=O)OC.CI.[2H]CS.[H-].[K+]. The van der Waals surface area contributed by atoms with Gasteiger partial charge in [0.25, 0.3) is 0 Å². The van der Waals surface area contributed by atoms with Crippen LogP contribution in [0.4, 0.5) is 19.2 Å². The summed E-state index contributed by atoms with van der Waals surface area (Å²) in [7, 11) is 4.93. The summed E-state index contributed by atoms with van der Waals surface area (Å²) in [4.78, 5) is 157. The first-order chi connectivity index (χ1) is 49.8. The van der Waals surface area contributed by atoms with Crippen molar-refractivity contribution < 1.29 is 150 Å². The summed E-state index contributed by atoms with van der Waals surface area (Å²) >= 11 is 5.61. The molecule has 0 saturated carbocycles. The van der Waals surface area contributed by atoms with Crippen molar-refractivity contribution in [2.24, 2.45) is 21.7 Å². The van der Waals surface area contributed by atoms with Crippen molar-refractivity contribution >= 4 is 107 Å². The molecule has 0 radical (unpaired) electrons. The summed E-state index contributed by atoms with van der Waals surface area (Å²) < 4.78 is 46.7. The van der Waals surface area contributed by atoms with E-state index in [0.717, 1.165) is 27.2 Å². The minimum atomic E-state index is -1.20. The molecule has 4 amide bonds. The summed E-state index contributed by atoms with van der Waals surface area (Å²) in [6.45, 7) is 27.7. The van der Waals surface area contributed by atoms with Gasteiger partial charge in [0, 0.05) is 1.37 Å². The average molecular weight is 1610 g/mol. The molecule has 10 atom stereocenters. The average Bonchev–Trinajstić information content (AvgIpc) is 1.57. The molecule has 0 bridgehead atoms. The van der Waals surface area contributed by atoms with Crippen LogP contribution in [0.3, 0.4) is 0 Å². The molecule has 0 N–H and O–H groups in total. The van der Waals surface area contributed by atoms with Gasteiger partial charge in [0.15, 0.2) is 23.1 Å². The molecule has 4 heterocycles. The first-order valence-corrected chi connectivity index (χ1v) is 35.7. The van der Waals surface area contributed by atoms with Crippen molar-refractivity contribution in [1.29, 1.82) is 0 Å². The summed E-state index contributed by atoms with van der Waals surface area (Å²) in [6, 6.07) is 31.0. The quantitative estimate of drug-likeness (QED) is 0.0164. The zero-order valence-electron chi connectivity index (χ0n) is 64.5. The summed E-state index contributed by atoms with van der Waals surface area (Å²) in [5, 5.41) is 0. The summed E-state index contributed by atoms with van der Waals surface area (Å²) in [5.41, 5.74) is -2.28. The van der Waals surface area contributed by atoms with E-state index in [2.05, 4.69) is 61.5 Å². The first kappa shape index (κ1) is 91.4. The Morgan fingerprint density at radius 3 is 1.04 bits per heavy atom. The number of carbonyl (C=O) groups excluding carboxylic acids is 12. The van der Waals surface area contributed by atoms with Crippen molar-refractivity contribution in [3.63, 3.8) is 0 Å². The number of hydrogen-bond acceptors (Lipinski definition) is 21. The molecule has 4 aromatic carbocycles. The fourth-order valence-corrected chi connectivity index (χ4v) is 13.2. The van der Waals surface area contributed by atoms with Crippen molar-refractivity contribution in [3.8, 4) is 0 Å². The predicted octanol–water partition coefficient (Wildman–Crippen LogP) is 9.60. The number of allylic oxidation sites excluding steroid dienone is 4. The number of esters is 4. The molecule has 4 fully saturated rings. The Kier molecular flexibility index (Phi) is 38.1. The van der Waals surface area contributed by atoms with E-state index in [1.165, 1.54) is 43.1 Å². The summed E-state index contributed by atoms with van der Waals surface area (Å²) in [5.74, 6) is -3.42. The Bertz CT molecular complexity index is 3580. The van der Waals surface area contributed by atoms with Gasteiger partial charge in [-0.3, -0.25) is 38.8 Å². The van der Waals surface area contributed by atoms with Gasteiger partial charge in [-0.1, -0.05) is 168 Å². The van der Waals surface area contributed by atoms with Crippen LogP contribution in [0.2, 0.25) is 0 Å². The van der Waals surface area contributed by atoms with Crippen molar-refractivity contribution in [3.05, 3.63) is 194 Å². The molecule has 0 unspecified atom stereocenters. The van der Waals surface area contributed by atoms with E-state index in [4.69, 9.17) is 39.3 Å². The zero-order valence-corrected chi connectivity index (χ0v) is 68.7. The van der Waals surface area contributed by atoms with E-state index < -0.39 is 112 Å². The third kappa shape index (κ3) is 22.2. The predicted molar refractivity (Wildman–Crippen MR) is 403 cm³/mol. The normalized spacial score (nSPS) is 23.7. The third-order valence-electron chi connectivity index (χ3n) is 18.5. The molecule has 0 spiro atoms. The number of benzene rings is 4. The molecule has 0 aliphatic carbocycles. The number of ether oxygens (including phenoxy) is 8. The minimum absolute atomic E-state index is 0. The van der Waals surface area contributed by atoms with Crippen LogP contribution in [-0.2, 0) is 103 Å². The van der Waals surface area contributed by atoms with E-state index >= 15 is 0 Å². The smallest absolute Gasteiger partial charge is 1.00 e. The van der Waals surface area contributed by atoms with E-state index in [1.54, 1.807) is 79.7 Å². The molecule has 24 nitrogen and oxygen atoms in total. The number of methoxy groups -OCH3 is 4. The van der Waals surface area contributed by atoms with Gasteiger partial charge in [0.05, 0.1) is 68.7 Å². The molecule has 566 valence electrons. The maximum Gasteiger partial charge on any atom is 1.00 e. The van der Waals surface area contributed by atoms with Gasteiger partial charge >= 0.3 is 99.6 Å². The van der Waals surface area contributed by atoms with Crippen LogP contribution in [0.1, 0.15) is 106 Å². The Morgan fingerprint density at radius 2 is 0.733 bits per heavy atom. The molecule has 0 aromatic heterocycles. The second-order valence-corrected chi connectivity index (χ2v) is 25.7. The summed E-state index contributed by atoms with van der Waals surface area (Å²) in [6.07, 6.45) is 4.64. The van der Waals surface area contributed by atoms with Crippen LogP contribution in [0.15, 0.2) is 172 Å². The first-order valence-electron chi connectivity index (χ1n) is 33.6. The van der Waals surface area contributed by atoms with Crippen LogP contribution in [0, 0.1) is 21.7 Å². The van der Waals surface area contributed by atoms with Crippen molar-refractivity contribution in [1.82, 2.24) is 19.6 Å². The van der Waals surface area contributed by atoms with Gasteiger partial charge in [-0.05, 0) is 114 Å². The van der Waals surface area contributed by atoms with Crippen molar-refractivity contribution in [2.75, 3.05) is 46.1 Å². The maximum absolute atomic E-state index is 13.1. The molecule has 4 aliphatic rings. The molecular formula is C78H100IKN4O20S. The molecular weight excluding hydrogens is 1510 g/mol. The largest absolute Gasteiger partial charge is 1.00 e. The van der Waals surface area contributed by atoms with Crippen LogP contribution in [-0.4, -0.2) is 179 Å². The second-order valence-electron chi connectivity index (χ2n) is 25.7. The number of amides is 4. The minimum Gasteiger partial charge on any atom is -1.00 e. The number of Topliss-reactive ketones (excluding diaryl/α,β-unsaturated/α-hetero) is 4. The number of carbonyl (C=O) groups is 12. The number of ketones is 4. The van der Waals surface area contributed by atoms with E-state index in [-0.39, 0.29) is 141 Å². The Morgan fingerprint density at radius 1 is 0.467 bits per heavy atom. The molecule has 4 saturated heterocycles. The van der Waals surface area contributed by atoms with Gasteiger partial charge in [0.1, 0.15) is 56.1 Å². The standard InChI is InChI=1S/C20H25NO5.2C19H23NO5.C18H21NO5.CH3I.CH4S.K.H/c1-6-12-20(4)15(16(22)25-5)21(19(2,3)17(20)23)18(24)26-13-14-10-8-7-9-11-14;2*1-5-11-19(3)15(17(22)24-4)20(13(2)16(19)21)18(23)25-12-14-9-7-6-8-10-14;1-4-10-18(2)14(20)11-19(15(18)16(21)23-3)17(22)24-12-13-8-6-5-7-9-13;2*1-2;;/h6-11,15H,1,12-13H2,2-5H3;2*5-10,13,15H,1,11-12H2,2-4H3;4-9,15H,1,10-12H2,2-3H3;1H3;2H,1H3;;/q;;;;;;+1;-1/t15-,20+;13-,15+,19-;13-,15-,19+;15-,18-;;;;/m1011..../s1/i;;;;;1D;;. The molecule has 105 heavy (non-hydrogen) atoms. The fraction of sp³-hybridized carbons (Fsp3) is 0.436. The number of rotatable bonds is 20. The van der Waals surface area contributed by atoms with Crippen LogP contribution >= 0.6 is 35.2 Å². The maximum atomic E-state index is 13.1. The number of thiol groups is 1.